The van der Waals surface area contributed by atoms with Gasteiger partial charge in [-0.05, 0) is 44.6 Å². The summed E-state index contributed by atoms with van der Waals surface area (Å²) >= 11 is 0. The monoisotopic (exact) mass is 263 g/mol. The molecule has 3 nitrogen and oxygen atoms in total. The molecule has 0 saturated carbocycles. The largest absolute Gasteiger partial charge is 0.353 e. The molecule has 0 fully saturated rings. The van der Waals surface area contributed by atoms with Gasteiger partial charge in [0.15, 0.2) is 5.82 Å². The molecule has 0 saturated heterocycles. The van der Waals surface area contributed by atoms with Crippen molar-refractivity contribution in [2.24, 2.45) is 15.9 Å². The van der Waals surface area contributed by atoms with Gasteiger partial charge in [0.1, 0.15) is 0 Å². The third kappa shape index (κ3) is 3.92. The lowest BCUT2D eigenvalue weighted by atomic mass is 9.93. The Balaban J connectivity index is 2.79. The Morgan fingerprint density at radius 2 is 2.05 bits per heavy atom. The molecule has 108 valence electrons. The van der Waals surface area contributed by atoms with Crippen LogP contribution >= 0.6 is 0 Å². The maximum atomic E-state index is 4.54. The number of rotatable bonds is 6. The zero-order valence-electron chi connectivity index (χ0n) is 13.4. The Hall–Kier alpha value is -1.12. The molecular weight excluding hydrogens is 234 g/mol. The molecule has 0 N–H and O–H groups in total. The molecule has 1 rings (SSSR count). The molecule has 1 atom stereocenters. The lowest BCUT2D eigenvalue weighted by Gasteiger charge is -2.40. The Bertz CT molecular complexity index is 375. The van der Waals surface area contributed by atoms with Crippen LogP contribution in [0.3, 0.4) is 0 Å². The van der Waals surface area contributed by atoms with E-state index in [0.29, 0.717) is 5.92 Å². The molecule has 0 amide bonds. The van der Waals surface area contributed by atoms with Gasteiger partial charge in [0.05, 0.1) is 6.34 Å². The highest BCUT2D eigenvalue weighted by atomic mass is 15.2. The topological polar surface area (TPSA) is 28.0 Å². The Morgan fingerprint density at radius 1 is 1.42 bits per heavy atom. The molecule has 0 radical (unpaired) electrons. The molecule has 1 unspecified atom stereocenters. The zero-order valence-corrected chi connectivity index (χ0v) is 13.4. The molecule has 0 spiro atoms. The minimum Gasteiger partial charge on any atom is -0.353 e. The zero-order chi connectivity index (χ0) is 14.5. The lowest BCUT2D eigenvalue weighted by molar-refractivity contribution is 0.194. The van der Waals surface area contributed by atoms with Crippen LogP contribution in [0.1, 0.15) is 60.8 Å². The number of hydrogen-bond acceptors (Lipinski definition) is 3. The second-order valence-corrected chi connectivity index (χ2v) is 5.84. The van der Waals surface area contributed by atoms with Gasteiger partial charge in [0.2, 0.25) is 0 Å². The predicted molar refractivity (Wildman–Crippen MR) is 84.8 cm³/mol. The molecule has 3 heteroatoms. The Labute approximate surface area is 118 Å². The van der Waals surface area contributed by atoms with E-state index in [-0.39, 0.29) is 5.54 Å². The summed E-state index contributed by atoms with van der Waals surface area (Å²) in [5.41, 5.74) is 1.46. The summed E-state index contributed by atoms with van der Waals surface area (Å²) in [6, 6.07) is 0. The van der Waals surface area contributed by atoms with Crippen molar-refractivity contribution < 1.29 is 0 Å². The van der Waals surface area contributed by atoms with Gasteiger partial charge < -0.3 is 4.90 Å². The first-order valence-corrected chi connectivity index (χ1v) is 7.51. The smallest absolute Gasteiger partial charge is 0.153 e. The van der Waals surface area contributed by atoms with E-state index < -0.39 is 0 Å². The molecule has 0 aromatic heterocycles. The SMILES string of the molecule is CCC(C)C=NC1=C(C)CN(C(C)(CC)CC)C=N1. The first-order valence-electron chi connectivity index (χ1n) is 7.51. The highest BCUT2D eigenvalue weighted by molar-refractivity contribution is 5.65. The van der Waals surface area contributed by atoms with Gasteiger partial charge in [-0.2, -0.15) is 0 Å². The summed E-state index contributed by atoms with van der Waals surface area (Å²) in [6.07, 6.45) is 7.38. The summed E-state index contributed by atoms with van der Waals surface area (Å²) in [4.78, 5) is 11.4. The molecule has 1 aliphatic heterocycles. The van der Waals surface area contributed by atoms with Crippen molar-refractivity contribution in [2.75, 3.05) is 6.54 Å². The van der Waals surface area contributed by atoms with E-state index in [4.69, 9.17) is 0 Å². The van der Waals surface area contributed by atoms with Crippen LogP contribution in [-0.2, 0) is 0 Å². The predicted octanol–water partition coefficient (Wildman–Crippen LogP) is 4.26. The highest BCUT2D eigenvalue weighted by Gasteiger charge is 2.28. The maximum Gasteiger partial charge on any atom is 0.153 e. The molecule has 0 aliphatic carbocycles. The van der Waals surface area contributed by atoms with E-state index in [2.05, 4.69) is 56.4 Å². The molecule has 19 heavy (non-hydrogen) atoms. The standard InChI is InChI=1S/C16H29N3/c1-7-13(4)10-17-15-14(5)11-19(12-18-15)16(6,8-2)9-3/h10,12-13H,7-9,11H2,1-6H3. The Morgan fingerprint density at radius 3 is 2.53 bits per heavy atom. The van der Waals surface area contributed by atoms with Crippen LogP contribution in [0.4, 0.5) is 0 Å². The van der Waals surface area contributed by atoms with Crippen LogP contribution in [0.5, 0.6) is 0 Å². The number of hydrogen-bond donors (Lipinski definition) is 0. The van der Waals surface area contributed by atoms with Gasteiger partial charge in [-0.1, -0.05) is 27.7 Å². The van der Waals surface area contributed by atoms with Crippen LogP contribution in [-0.4, -0.2) is 29.5 Å². The minimum atomic E-state index is 0.205. The molecule has 0 aromatic carbocycles. The third-order valence-electron chi connectivity index (χ3n) is 4.42. The average Bonchev–Trinajstić information content (AvgIpc) is 2.44. The molecule has 1 aliphatic rings. The van der Waals surface area contributed by atoms with Gasteiger partial charge in [0, 0.05) is 18.3 Å². The van der Waals surface area contributed by atoms with Gasteiger partial charge in [-0.15, -0.1) is 0 Å². The van der Waals surface area contributed by atoms with E-state index in [9.17, 15) is 0 Å². The molecule has 1 heterocycles. The second kappa shape index (κ2) is 6.88. The van der Waals surface area contributed by atoms with E-state index >= 15 is 0 Å². The normalized spacial score (nSPS) is 18.5. The average molecular weight is 263 g/mol. The third-order valence-corrected chi connectivity index (χ3v) is 4.42. The van der Waals surface area contributed by atoms with Crippen molar-refractivity contribution in [3.63, 3.8) is 0 Å². The minimum absolute atomic E-state index is 0.205. The summed E-state index contributed by atoms with van der Waals surface area (Å²) in [6.45, 7) is 14.2. The van der Waals surface area contributed by atoms with E-state index in [1.54, 1.807) is 0 Å². The van der Waals surface area contributed by atoms with Gasteiger partial charge in [-0.3, -0.25) is 0 Å². The van der Waals surface area contributed by atoms with Crippen LogP contribution in [0, 0.1) is 5.92 Å². The van der Waals surface area contributed by atoms with E-state index in [1.165, 1.54) is 5.57 Å². The quantitative estimate of drug-likeness (QED) is 0.658. The van der Waals surface area contributed by atoms with Gasteiger partial charge >= 0.3 is 0 Å². The number of aliphatic imine (C=N–C) groups is 2. The van der Waals surface area contributed by atoms with Crippen molar-refractivity contribution in [2.45, 2.75) is 66.3 Å². The van der Waals surface area contributed by atoms with Gasteiger partial charge in [-0.25, -0.2) is 9.98 Å². The van der Waals surface area contributed by atoms with E-state index in [1.807, 2.05) is 12.6 Å². The van der Waals surface area contributed by atoms with Crippen LogP contribution in [0.2, 0.25) is 0 Å². The second-order valence-electron chi connectivity index (χ2n) is 5.84. The fraction of sp³-hybridized carbons (Fsp3) is 0.750. The van der Waals surface area contributed by atoms with Crippen molar-refractivity contribution in [1.82, 2.24) is 4.90 Å². The first-order chi connectivity index (χ1) is 8.96. The van der Waals surface area contributed by atoms with Crippen molar-refractivity contribution >= 4 is 12.6 Å². The summed E-state index contributed by atoms with van der Waals surface area (Å²) in [7, 11) is 0. The molecule has 0 bridgehead atoms. The molecular formula is C16H29N3. The van der Waals surface area contributed by atoms with Gasteiger partial charge in [0.25, 0.3) is 0 Å². The van der Waals surface area contributed by atoms with E-state index in [0.717, 1.165) is 31.6 Å². The van der Waals surface area contributed by atoms with Crippen LogP contribution < -0.4 is 0 Å². The fourth-order valence-corrected chi connectivity index (χ4v) is 2.03. The van der Waals surface area contributed by atoms with Crippen LogP contribution in [0.15, 0.2) is 21.4 Å². The first kappa shape index (κ1) is 15.9. The molecule has 0 aromatic rings. The van der Waals surface area contributed by atoms with Crippen LogP contribution in [0.25, 0.3) is 0 Å². The summed E-state index contributed by atoms with van der Waals surface area (Å²) in [5, 5.41) is 0. The highest BCUT2D eigenvalue weighted by Crippen LogP contribution is 2.26. The van der Waals surface area contributed by atoms with Crippen molar-refractivity contribution in [3.05, 3.63) is 11.4 Å². The lowest BCUT2D eigenvalue weighted by Crippen LogP contribution is -2.46. The fourth-order valence-electron chi connectivity index (χ4n) is 2.03. The summed E-state index contributed by atoms with van der Waals surface area (Å²) in [5.74, 6) is 1.41. The Kier molecular flexibility index (Phi) is 5.77. The van der Waals surface area contributed by atoms with Crippen molar-refractivity contribution in [1.29, 1.82) is 0 Å². The summed E-state index contributed by atoms with van der Waals surface area (Å²) < 4.78 is 0. The number of nitrogens with zero attached hydrogens (tertiary/aromatic N) is 3. The van der Waals surface area contributed by atoms with Crippen molar-refractivity contribution in [3.8, 4) is 0 Å². The maximum absolute atomic E-state index is 4.54.